The SMILES string of the molecule is CCC(C(=O)NC1CCCCC1)N(Cc1ccc(Cl)cc1Cl)C(=O)CN(c1ccc(OC)c(Cl)c1)S(=O)(=O)c1ccccc1. The molecule has 3 aromatic rings. The van der Waals surface area contributed by atoms with Gasteiger partial charge >= 0.3 is 0 Å². The smallest absolute Gasteiger partial charge is 0.264 e. The van der Waals surface area contributed by atoms with Crippen molar-refractivity contribution in [2.75, 3.05) is 18.0 Å². The van der Waals surface area contributed by atoms with Crippen molar-refractivity contribution in [3.05, 3.63) is 87.4 Å². The Balaban J connectivity index is 1.74. The van der Waals surface area contributed by atoms with E-state index in [1.807, 2.05) is 6.92 Å². The lowest BCUT2D eigenvalue weighted by atomic mass is 9.95. The lowest BCUT2D eigenvalue weighted by Gasteiger charge is -2.34. The largest absolute Gasteiger partial charge is 0.495 e. The van der Waals surface area contributed by atoms with Gasteiger partial charge in [0.25, 0.3) is 10.0 Å². The molecule has 3 aromatic carbocycles. The zero-order valence-corrected chi connectivity index (χ0v) is 27.7. The maximum atomic E-state index is 14.3. The maximum absolute atomic E-state index is 14.3. The molecule has 1 N–H and O–H groups in total. The van der Waals surface area contributed by atoms with Crippen molar-refractivity contribution in [3.8, 4) is 5.75 Å². The number of methoxy groups -OCH3 is 1. The summed E-state index contributed by atoms with van der Waals surface area (Å²) < 4.78 is 34.3. The number of rotatable bonds is 12. The minimum absolute atomic E-state index is 0.00545. The van der Waals surface area contributed by atoms with Crippen molar-refractivity contribution < 1.29 is 22.7 Å². The molecule has 8 nitrogen and oxygen atoms in total. The van der Waals surface area contributed by atoms with Gasteiger partial charge in [0.05, 0.1) is 22.7 Å². The molecule has 1 unspecified atom stereocenters. The van der Waals surface area contributed by atoms with Crippen molar-refractivity contribution in [1.29, 1.82) is 0 Å². The number of anilines is 1. The molecular weight excluding hydrogens is 645 g/mol. The third-order valence-electron chi connectivity index (χ3n) is 7.73. The Hall–Kier alpha value is -2.98. The average molecular weight is 681 g/mol. The molecule has 1 atom stereocenters. The fraction of sp³-hybridized carbons (Fsp3) is 0.375. The predicted octanol–water partition coefficient (Wildman–Crippen LogP) is 7.11. The first-order chi connectivity index (χ1) is 21.0. The van der Waals surface area contributed by atoms with Crippen LogP contribution in [0.25, 0.3) is 0 Å². The minimum atomic E-state index is -4.24. The van der Waals surface area contributed by atoms with Crippen molar-refractivity contribution in [2.45, 2.75) is 69.0 Å². The standard InChI is InChI=1S/C32H36Cl3N3O5S/c1-3-29(32(40)36-24-10-6-4-7-11-24)37(20-22-14-15-23(33)18-27(22)34)31(39)21-38(25-16-17-30(43-2)28(35)19-25)44(41,42)26-12-8-5-9-13-26/h5,8-9,12-19,24,29H,3-4,6-7,10-11,20-21H2,1-2H3,(H,36,40). The summed E-state index contributed by atoms with van der Waals surface area (Å²) in [6, 6.07) is 16.4. The first-order valence-corrected chi connectivity index (χ1v) is 17.1. The van der Waals surface area contributed by atoms with Gasteiger partial charge in [-0.25, -0.2) is 8.42 Å². The zero-order chi connectivity index (χ0) is 31.9. The normalized spacial score (nSPS) is 14.5. The van der Waals surface area contributed by atoms with Gasteiger partial charge in [-0.2, -0.15) is 0 Å². The van der Waals surface area contributed by atoms with E-state index in [9.17, 15) is 18.0 Å². The van der Waals surface area contributed by atoms with Crippen LogP contribution < -0.4 is 14.4 Å². The fourth-order valence-electron chi connectivity index (χ4n) is 5.36. The summed E-state index contributed by atoms with van der Waals surface area (Å²) >= 11 is 19.0. The number of hydrogen-bond donors (Lipinski definition) is 1. The Morgan fingerprint density at radius 2 is 1.66 bits per heavy atom. The van der Waals surface area contributed by atoms with E-state index in [1.54, 1.807) is 36.4 Å². The summed E-state index contributed by atoms with van der Waals surface area (Å²) in [7, 11) is -2.79. The van der Waals surface area contributed by atoms with E-state index in [-0.39, 0.29) is 34.1 Å². The third kappa shape index (κ3) is 8.18. The van der Waals surface area contributed by atoms with E-state index in [0.717, 1.165) is 36.4 Å². The number of benzene rings is 3. The monoisotopic (exact) mass is 679 g/mol. The van der Waals surface area contributed by atoms with E-state index >= 15 is 0 Å². The summed E-state index contributed by atoms with van der Waals surface area (Å²) in [5.74, 6) is -0.529. The number of carbonyl (C=O) groups excluding carboxylic acids is 2. The average Bonchev–Trinajstić information content (AvgIpc) is 3.01. The van der Waals surface area contributed by atoms with Crippen molar-refractivity contribution >= 4 is 62.3 Å². The summed E-state index contributed by atoms with van der Waals surface area (Å²) in [5.41, 5.74) is 0.732. The van der Waals surface area contributed by atoms with Crippen LogP contribution in [0.5, 0.6) is 5.75 Å². The predicted molar refractivity (Wildman–Crippen MR) is 175 cm³/mol. The highest BCUT2D eigenvalue weighted by Crippen LogP contribution is 2.32. The molecule has 0 spiro atoms. The van der Waals surface area contributed by atoms with Crippen LogP contribution in [0.4, 0.5) is 5.69 Å². The van der Waals surface area contributed by atoms with Crippen LogP contribution in [0.2, 0.25) is 15.1 Å². The summed E-state index contributed by atoms with van der Waals surface area (Å²) in [4.78, 5) is 29.4. The molecule has 2 amide bonds. The van der Waals surface area contributed by atoms with Crippen molar-refractivity contribution in [2.24, 2.45) is 0 Å². The number of halogens is 3. The quantitative estimate of drug-likeness (QED) is 0.220. The Labute approximate surface area is 274 Å². The first kappa shape index (κ1) is 33.9. The highest BCUT2D eigenvalue weighted by Gasteiger charge is 2.35. The molecule has 236 valence electrons. The first-order valence-electron chi connectivity index (χ1n) is 14.5. The van der Waals surface area contributed by atoms with Crippen LogP contribution >= 0.6 is 34.8 Å². The van der Waals surface area contributed by atoms with E-state index < -0.39 is 28.5 Å². The second kappa shape index (κ2) is 15.3. The molecule has 0 radical (unpaired) electrons. The Morgan fingerprint density at radius 3 is 2.27 bits per heavy atom. The number of nitrogens with one attached hydrogen (secondary N) is 1. The number of nitrogens with zero attached hydrogens (tertiary/aromatic N) is 2. The molecule has 12 heteroatoms. The van der Waals surface area contributed by atoms with Crippen LogP contribution in [-0.2, 0) is 26.2 Å². The molecule has 0 aliphatic heterocycles. The molecule has 4 rings (SSSR count). The molecular formula is C32H36Cl3N3O5S. The number of carbonyl (C=O) groups is 2. The van der Waals surface area contributed by atoms with Gasteiger partial charge in [-0.3, -0.25) is 13.9 Å². The summed E-state index contributed by atoms with van der Waals surface area (Å²) in [6.07, 6.45) is 5.24. The second-order valence-electron chi connectivity index (χ2n) is 10.7. The Kier molecular flexibility index (Phi) is 11.8. The maximum Gasteiger partial charge on any atom is 0.264 e. The topological polar surface area (TPSA) is 96.0 Å². The molecule has 1 aliphatic carbocycles. The molecule has 0 heterocycles. The van der Waals surface area contributed by atoms with Crippen LogP contribution in [0, 0.1) is 0 Å². The highest BCUT2D eigenvalue weighted by atomic mass is 35.5. The van der Waals surface area contributed by atoms with Crippen LogP contribution in [0.15, 0.2) is 71.6 Å². The lowest BCUT2D eigenvalue weighted by molar-refractivity contribution is -0.140. The van der Waals surface area contributed by atoms with E-state index in [1.165, 1.54) is 42.3 Å². The molecule has 1 fully saturated rings. The number of sulfonamides is 1. The van der Waals surface area contributed by atoms with Gasteiger partial charge in [0.15, 0.2) is 0 Å². The Morgan fingerprint density at radius 1 is 0.955 bits per heavy atom. The van der Waals surface area contributed by atoms with Gasteiger partial charge in [0.2, 0.25) is 11.8 Å². The van der Waals surface area contributed by atoms with Crippen LogP contribution in [0.3, 0.4) is 0 Å². The second-order valence-corrected chi connectivity index (χ2v) is 13.8. The van der Waals surface area contributed by atoms with Crippen LogP contribution in [0.1, 0.15) is 51.0 Å². The molecule has 0 aromatic heterocycles. The third-order valence-corrected chi connectivity index (χ3v) is 10.4. The molecule has 0 bridgehead atoms. The molecule has 0 saturated heterocycles. The fourth-order valence-corrected chi connectivity index (χ4v) is 7.50. The van der Waals surface area contributed by atoms with Crippen molar-refractivity contribution in [3.63, 3.8) is 0 Å². The van der Waals surface area contributed by atoms with Gasteiger partial charge in [-0.05, 0) is 67.3 Å². The molecule has 1 saturated carbocycles. The van der Waals surface area contributed by atoms with Gasteiger partial charge in [0.1, 0.15) is 18.3 Å². The summed E-state index contributed by atoms with van der Waals surface area (Å²) in [5, 5.41) is 4.05. The van der Waals surface area contributed by atoms with E-state index in [2.05, 4.69) is 5.32 Å². The minimum Gasteiger partial charge on any atom is -0.495 e. The van der Waals surface area contributed by atoms with Crippen molar-refractivity contribution in [1.82, 2.24) is 10.2 Å². The zero-order valence-electron chi connectivity index (χ0n) is 24.6. The Bertz CT molecular complexity index is 1570. The van der Waals surface area contributed by atoms with Gasteiger partial charge in [-0.15, -0.1) is 0 Å². The number of hydrogen-bond acceptors (Lipinski definition) is 5. The molecule has 1 aliphatic rings. The highest BCUT2D eigenvalue weighted by molar-refractivity contribution is 7.92. The summed E-state index contributed by atoms with van der Waals surface area (Å²) in [6.45, 7) is 1.18. The van der Waals surface area contributed by atoms with E-state index in [0.29, 0.717) is 27.8 Å². The van der Waals surface area contributed by atoms with E-state index in [4.69, 9.17) is 39.5 Å². The van der Waals surface area contributed by atoms with Gasteiger partial charge < -0.3 is 15.0 Å². The van der Waals surface area contributed by atoms with Gasteiger partial charge in [0, 0.05) is 22.6 Å². The lowest BCUT2D eigenvalue weighted by Crippen LogP contribution is -2.54. The number of ether oxygens (including phenoxy) is 1. The van der Waals surface area contributed by atoms with Crippen LogP contribution in [-0.4, -0.2) is 50.9 Å². The number of amides is 2. The molecule has 44 heavy (non-hydrogen) atoms. The van der Waals surface area contributed by atoms with Gasteiger partial charge in [-0.1, -0.05) is 85.3 Å².